The van der Waals surface area contributed by atoms with E-state index in [2.05, 4.69) is 65.4 Å². The number of thiophene rings is 1. The van der Waals surface area contributed by atoms with Gasteiger partial charge in [0, 0.05) is 74.7 Å². The number of alkyl halides is 3. The van der Waals surface area contributed by atoms with E-state index in [1.165, 1.54) is 11.1 Å². The van der Waals surface area contributed by atoms with Gasteiger partial charge in [0.2, 0.25) is 5.95 Å². The molecule has 14 heteroatoms. The average Bonchev–Trinajstić information content (AvgIpc) is 3.60. The summed E-state index contributed by atoms with van der Waals surface area (Å²) >= 11 is 1.05. The van der Waals surface area contributed by atoms with Crippen molar-refractivity contribution in [3.8, 4) is 6.07 Å². The third-order valence-corrected chi connectivity index (χ3v) is 9.58. The molecule has 5 rings (SSSR count). The molecule has 0 unspecified atom stereocenters. The first kappa shape index (κ1) is 33.6. The maximum Gasteiger partial charge on any atom is 0.393 e. The van der Waals surface area contributed by atoms with Crippen LogP contribution in [0.15, 0.2) is 24.3 Å². The molecule has 1 aliphatic heterocycles. The van der Waals surface area contributed by atoms with Crippen LogP contribution in [0.4, 0.5) is 24.9 Å². The van der Waals surface area contributed by atoms with Crippen LogP contribution in [0.2, 0.25) is 0 Å². The first-order chi connectivity index (χ1) is 22.1. The fourth-order valence-electron chi connectivity index (χ4n) is 5.99. The van der Waals surface area contributed by atoms with E-state index in [0.717, 1.165) is 80.6 Å². The summed E-state index contributed by atoms with van der Waals surface area (Å²) in [5.41, 5.74) is 4.10. The molecule has 0 spiro atoms. The maximum atomic E-state index is 13.0. The van der Waals surface area contributed by atoms with Gasteiger partial charge in [0.15, 0.2) is 0 Å². The number of likely N-dealkylation sites (tertiary alicyclic amines) is 1. The van der Waals surface area contributed by atoms with E-state index in [9.17, 15) is 23.2 Å². The second-order valence-electron chi connectivity index (χ2n) is 11.8. The Morgan fingerprint density at radius 1 is 1.17 bits per heavy atom. The minimum Gasteiger partial charge on any atom is -0.367 e. The largest absolute Gasteiger partial charge is 0.393 e. The number of nitrogens with one attached hydrogen (secondary N) is 3. The van der Waals surface area contributed by atoms with E-state index >= 15 is 0 Å². The van der Waals surface area contributed by atoms with Gasteiger partial charge in [0.05, 0.1) is 18.4 Å². The standard InChI is InChI=1S/C32H40F3N9OS/c1-21-22(4-5-28-26(21)16-24(19-36)44(28)14-13-42(3)12-8-38-9-15-45)20-43-10-6-23(7-11-43)39-29-27-17-25(18-32(33,34)35)46-30(27)41-31(37-2)40-29/h4-5,15-17,23,38H,6-14,18,20H2,1-3H3,(H2,37,39,40,41). The molecule has 1 aliphatic rings. The lowest BCUT2D eigenvalue weighted by Gasteiger charge is -2.33. The zero-order chi connectivity index (χ0) is 32.8. The quantitative estimate of drug-likeness (QED) is 0.131. The number of halogens is 3. The SMILES string of the molecule is CNc1nc(NC2CCN(Cc3ccc4c(cc(C#N)n4CCN(C)CCNCC=O)c3C)CC2)c2cc(CC(F)(F)F)sc2n1. The lowest BCUT2D eigenvalue weighted by atomic mass is 10.0. The molecule has 0 bridgehead atoms. The third kappa shape index (κ3) is 8.14. The van der Waals surface area contributed by atoms with Crippen LogP contribution < -0.4 is 16.0 Å². The predicted octanol–water partition coefficient (Wildman–Crippen LogP) is 4.77. The summed E-state index contributed by atoms with van der Waals surface area (Å²) in [5, 5.41) is 21.1. The smallest absolute Gasteiger partial charge is 0.367 e. The molecule has 0 amide bonds. The molecule has 0 aliphatic carbocycles. The van der Waals surface area contributed by atoms with Crippen molar-refractivity contribution in [1.29, 1.82) is 5.26 Å². The lowest BCUT2D eigenvalue weighted by Crippen LogP contribution is -2.39. The molecule has 1 fully saturated rings. The van der Waals surface area contributed by atoms with Crippen molar-refractivity contribution in [3.63, 3.8) is 0 Å². The van der Waals surface area contributed by atoms with Crippen molar-refractivity contribution in [2.24, 2.45) is 0 Å². The van der Waals surface area contributed by atoms with Gasteiger partial charge in [0.25, 0.3) is 0 Å². The predicted molar refractivity (Wildman–Crippen MR) is 176 cm³/mol. The highest BCUT2D eigenvalue weighted by Gasteiger charge is 2.29. The normalized spacial score (nSPS) is 14.7. The molecule has 4 aromatic rings. The monoisotopic (exact) mass is 655 g/mol. The van der Waals surface area contributed by atoms with Crippen LogP contribution in [-0.4, -0.2) is 96.2 Å². The molecule has 4 heterocycles. The fourth-order valence-corrected chi connectivity index (χ4v) is 7.05. The first-order valence-electron chi connectivity index (χ1n) is 15.5. The van der Waals surface area contributed by atoms with Crippen molar-refractivity contribution in [1.82, 2.24) is 29.7 Å². The fraction of sp³-hybridized carbons (Fsp3) is 0.500. The Balaban J connectivity index is 1.21. The van der Waals surface area contributed by atoms with Gasteiger partial charge in [-0.05, 0) is 56.1 Å². The number of likely N-dealkylation sites (N-methyl/N-ethyl adjacent to an activating group) is 1. The number of piperidine rings is 1. The summed E-state index contributed by atoms with van der Waals surface area (Å²) in [6, 6.07) is 10.3. The molecular formula is C32H40F3N9OS. The second kappa shape index (κ2) is 14.8. The van der Waals surface area contributed by atoms with Gasteiger partial charge in [0.1, 0.15) is 28.7 Å². The Kier molecular flexibility index (Phi) is 10.8. The van der Waals surface area contributed by atoms with Gasteiger partial charge in [-0.2, -0.15) is 23.4 Å². The third-order valence-electron chi connectivity index (χ3n) is 8.55. The Bertz CT molecular complexity index is 1700. The number of nitrogens with zero attached hydrogens (tertiary/aromatic N) is 6. The number of aromatic nitrogens is 3. The van der Waals surface area contributed by atoms with Gasteiger partial charge >= 0.3 is 6.18 Å². The molecule has 0 radical (unpaired) electrons. The molecule has 46 heavy (non-hydrogen) atoms. The topological polar surface area (TPSA) is 114 Å². The highest BCUT2D eigenvalue weighted by atomic mass is 32.1. The van der Waals surface area contributed by atoms with Crippen molar-refractivity contribution < 1.29 is 18.0 Å². The number of fused-ring (bicyclic) bond motifs is 2. The molecule has 246 valence electrons. The Hall–Kier alpha value is -3.77. The Labute approximate surface area is 270 Å². The summed E-state index contributed by atoms with van der Waals surface area (Å²) in [6.07, 6.45) is -2.66. The summed E-state index contributed by atoms with van der Waals surface area (Å²) in [4.78, 5) is 24.8. The lowest BCUT2D eigenvalue weighted by molar-refractivity contribution is -0.126. The number of benzene rings is 1. The van der Waals surface area contributed by atoms with Crippen LogP contribution in [0.3, 0.4) is 0 Å². The van der Waals surface area contributed by atoms with Crippen LogP contribution in [-0.2, 0) is 24.3 Å². The Morgan fingerprint density at radius 2 is 1.96 bits per heavy atom. The number of anilines is 2. The minimum absolute atomic E-state index is 0.139. The molecule has 10 nitrogen and oxygen atoms in total. The van der Waals surface area contributed by atoms with E-state index in [-0.39, 0.29) is 10.9 Å². The van der Waals surface area contributed by atoms with Gasteiger partial charge in [-0.3, -0.25) is 4.90 Å². The first-order valence-corrected chi connectivity index (χ1v) is 16.3. The summed E-state index contributed by atoms with van der Waals surface area (Å²) < 4.78 is 41.2. The zero-order valence-electron chi connectivity index (χ0n) is 26.4. The number of carbonyl (C=O) groups excluding carboxylic acids is 1. The van der Waals surface area contributed by atoms with Gasteiger partial charge < -0.3 is 30.2 Å². The number of aldehydes is 1. The minimum atomic E-state index is -4.28. The van der Waals surface area contributed by atoms with Crippen LogP contribution in [0, 0.1) is 18.3 Å². The van der Waals surface area contributed by atoms with E-state index in [4.69, 9.17) is 0 Å². The maximum absolute atomic E-state index is 13.0. The van der Waals surface area contributed by atoms with Crippen molar-refractivity contribution in [3.05, 3.63) is 46.0 Å². The van der Waals surface area contributed by atoms with E-state index in [0.29, 0.717) is 40.8 Å². The van der Waals surface area contributed by atoms with E-state index in [1.54, 1.807) is 13.1 Å². The number of rotatable bonds is 14. The summed E-state index contributed by atoms with van der Waals surface area (Å²) in [7, 11) is 3.73. The van der Waals surface area contributed by atoms with Crippen LogP contribution in [0.1, 0.15) is 34.5 Å². The molecule has 1 saturated heterocycles. The molecule has 3 aromatic heterocycles. The van der Waals surface area contributed by atoms with Crippen molar-refractivity contribution in [2.75, 3.05) is 64.0 Å². The number of hydrogen-bond donors (Lipinski definition) is 3. The highest BCUT2D eigenvalue weighted by Crippen LogP contribution is 2.35. The van der Waals surface area contributed by atoms with Crippen molar-refractivity contribution in [2.45, 2.75) is 51.5 Å². The number of nitriles is 1. The van der Waals surface area contributed by atoms with Crippen LogP contribution >= 0.6 is 11.3 Å². The molecule has 0 saturated carbocycles. The Morgan fingerprint density at radius 3 is 2.65 bits per heavy atom. The van der Waals surface area contributed by atoms with Gasteiger partial charge in [-0.25, -0.2) is 4.98 Å². The van der Waals surface area contributed by atoms with Gasteiger partial charge in [-0.1, -0.05) is 6.07 Å². The summed E-state index contributed by atoms with van der Waals surface area (Å²) in [5.74, 6) is 0.944. The van der Waals surface area contributed by atoms with E-state index in [1.807, 2.05) is 13.1 Å². The van der Waals surface area contributed by atoms with E-state index < -0.39 is 12.6 Å². The zero-order valence-corrected chi connectivity index (χ0v) is 27.2. The van der Waals surface area contributed by atoms with Crippen LogP contribution in [0.25, 0.3) is 21.1 Å². The van der Waals surface area contributed by atoms with Crippen molar-refractivity contribution >= 4 is 50.5 Å². The number of aryl methyl sites for hydroxylation is 1. The molecular weight excluding hydrogens is 615 g/mol. The number of hydrogen-bond acceptors (Lipinski definition) is 10. The van der Waals surface area contributed by atoms with Crippen LogP contribution in [0.5, 0.6) is 0 Å². The van der Waals surface area contributed by atoms with Gasteiger partial charge in [-0.15, -0.1) is 11.3 Å². The molecule has 3 N–H and O–H groups in total. The summed E-state index contributed by atoms with van der Waals surface area (Å²) in [6.45, 7) is 8.01. The average molecular weight is 656 g/mol. The number of carbonyl (C=O) groups is 1. The molecule has 1 aromatic carbocycles. The highest BCUT2D eigenvalue weighted by molar-refractivity contribution is 7.18. The molecule has 0 atom stereocenters. The second-order valence-corrected chi connectivity index (χ2v) is 12.9.